The van der Waals surface area contributed by atoms with E-state index in [0.29, 0.717) is 22.4 Å². The molecule has 3 rings (SSSR count). The van der Waals surface area contributed by atoms with Crippen LogP contribution in [0.5, 0.6) is 5.75 Å². The Morgan fingerprint density at radius 2 is 1.96 bits per heavy atom. The first-order valence-electron chi connectivity index (χ1n) is 8.06. The van der Waals surface area contributed by atoms with Crippen LogP contribution < -0.4 is 4.74 Å². The highest BCUT2D eigenvalue weighted by Gasteiger charge is 2.31. The van der Waals surface area contributed by atoms with E-state index in [9.17, 15) is 14.9 Å². The van der Waals surface area contributed by atoms with Gasteiger partial charge in [-0.2, -0.15) is 5.26 Å². The van der Waals surface area contributed by atoms with Crippen molar-refractivity contribution in [3.05, 3.63) is 60.0 Å². The molecule has 6 heteroatoms. The number of carbonyl (C=O) groups excluding carboxylic acids is 2. The monoisotopic (exact) mass is 348 g/mol. The first-order chi connectivity index (χ1) is 12.5. The van der Waals surface area contributed by atoms with E-state index in [1.54, 1.807) is 55.5 Å². The summed E-state index contributed by atoms with van der Waals surface area (Å²) in [5.41, 5.74) is 1.58. The van der Waals surface area contributed by atoms with Crippen molar-refractivity contribution in [3.63, 3.8) is 0 Å². The van der Waals surface area contributed by atoms with Gasteiger partial charge in [0.15, 0.2) is 29.2 Å². The molecule has 0 fully saturated rings. The third-order valence-corrected chi connectivity index (χ3v) is 3.93. The minimum Gasteiger partial charge on any atom is -0.483 e. The molecule has 0 aliphatic carbocycles. The quantitative estimate of drug-likeness (QED) is 0.631. The molecule has 2 atom stereocenters. The van der Waals surface area contributed by atoms with Gasteiger partial charge in [-0.05, 0) is 38.1 Å². The van der Waals surface area contributed by atoms with Gasteiger partial charge in [0.25, 0.3) is 0 Å². The van der Waals surface area contributed by atoms with Crippen LogP contribution in [0.15, 0.2) is 52.9 Å². The number of para-hydroxylation sites is 2. The molecular formula is C20H16N2O4. The number of hydrogen-bond acceptors (Lipinski definition) is 6. The summed E-state index contributed by atoms with van der Waals surface area (Å²) < 4.78 is 11.2. The van der Waals surface area contributed by atoms with Crippen LogP contribution in [0.4, 0.5) is 0 Å². The van der Waals surface area contributed by atoms with E-state index >= 15 is 0 Å². The topological polar surface area (TPSA) is 93.2 Å². The molecule has 0 bridgehead atoms. The molecule has 0 saturated heterocycles. The van der Waals surface area contributed by atoms with E-state index in [1.807, 2.05) is 6.07 Å². The van der Waals surface area contributed by atoms with E-state index in [1.165, 1.54) is 6.92 Å². The van der Waals surface area contributed by atoms with Crippen LogP contribution in [-0.4, -0.2) is 22.7 Å². The third kappa shape index (κ3) is 3.47. The van der Waals surface area contributed by atoms with Gasteiger partial charge in [-0.15, -0.1) is 0 Å². The number of carbonyl (C=O) groups is 2. The summed E-state index contributed by atoms with van der Waals surface area (Å²) in [6.07, 6.45) is -0.906. The molecular weight excluding hydrogens is 332 g/mol. The maximum absolute atomic E-state index is 12.7. The number of benzene rings is 2. The van der Waals surface area contributed by atoms with Crippen molar-refractivity contribution in [1.82, 2.24) is 4.98 Å². The van der Waals surface area contributed by atoms with E-state index in [0.717, 1.165) is 0 Å². The van der Waals surface area contributed by atoms with Crippen LogP contribution in [0, 0.1) is 11.3 Å². The average molecular weight is 348 g/mol. The summed E-state index contributed by atoms with van der Waals surface area (Å²) in [4.78, 5) is 28.3. The van der Waals surface area contributed by atoms with Gasteiger partial charge in [0, 0.05) is 5.56 Å². The van der Waals surface area contributed by atoms with Crippen LogP contribution in [0.3, 0.4) is 0 Å². The zero-order chi connectivity index (χ0) is 18.7. The van der Waals surface area contributed by atoms with E-state index in [-0.39, 0.29) is 11.7 Å². The summed E-state index contributed by atoms with van der Waals surface area (Å²) >= 11 is 0. The molecule has 1 heterocycles. The lowest BCUT2D eigenvalue weighted by Crippen LogP contribution is -2.29. The van der Waals surface area contributed by atoms with Gasteiger partial charge in [-0.25, -0.2) is 4.98 Å². The van der Waals surface area contributed by atoms with Crippen LogP contribution >= 0.6 is 0 Å². The highest BCUT2D eigenvalue weighted by atomic mass is 16.5. The van der Waals surface area contributed by atoms with Gasteiger partial charge in [0.2, 0.25) is 5.89 Å². The van der Waals surface area contributed by atoms with Gasteiger partial charge >= 0.3 is 0 Å². The van der Waals surface area contributed by atoms with Crippen molar-refractivity contribution in [2.75, 3.05) is 0 Å². The molecule has 0 amide bonds. The average Bonchev–Trinajstić information content (AvgIpc) is 3.06. The number of nitrogens with zero attached hydrogens (tertiary/aromatic N) is 2. The van der Waals surface area contributed by atoms with E-state index in [4.69, 9.17) is 9.15 Å². The molecule has 0 N–H and O–H groups in total. The molecule has 3 aromatic rings. The first-order valence-corrected chi connectivity index (χ1v) is 8.06. The van der Waals surface area contributed by atoms with Crippen molar-refractivity contribution in [2.24, 2.45) is 0 Å². The third-order valence-electron chi connectivity index (χ3n) is 3.93. The smallest absolute Gasteiger partial charge is 0.220 e. The Labute approximate surface area is 150 Å². The summed E-state index contributed by atoms with van der Waals surface area (Å²) in [6, 6.07) is 15.5. The standard InChI is InChI=1S/C20H16N2O4/c1-12(23)14-6-5-7-15(10-14)25-13(2)19(24)16(11-21)20-22-17-8-3-4-9-18(17)26-20/h3-10,13,16H,1-2H3/t13-,16-/m0/s1. The van der Waals surface area contributed by atoms with Crippen molar-refractivity contribution in [1.29, 1.82) is 5.26 Å². The van der Waals surface area contributed by atoms with Crippen LogP contribution in [0.2, 0.25) is 0 Å². The summed E-state index contributed by atoms with van der Waals surface area (Å²) in [7, 11) is 0. The molecule has 0 saturated carbocycles. The number of rotatable bonds is 6. The largest absolute Gasteiger partial charge is 0.483 e. The molecule has 2 aromatic carbocycles. The fourth-order valence-corrected chi connectivity index (χ4v) is 2.54. The molecule has 0 aliphatic rings. The maximum Gasteiger partial charge on any atom is 0.220 e. The number of Topliss-reactive ketones (excluding diaryl/α,β-unsaturated/α-hetero) is 2. The zero-order valence-corrected chi connectivity index (χ0v) is 14.3. The van der Waals surface area contributed by atoms with Crippen molar-refractivity contribution in [3.8, 4) is 11.8 Å². The van der Waals surface area contributed by atoms with Crippen molar-refractivity contribution < 1.29 is 18.7 Å². The van der Waals surface area contributed by atoms with Crippen molar-refractivity contribution >= 4 is 22.7 Å². The molecule has 0 unspecified atom stereocenters. The second-order valence-corrected chi connectivity index (χ2v) is 5.83. The van der Waals surface area contributed by atoms with E-state index < -0.39 is 17.8 Å². The number of fused-ring (bicyclic) bond motifs is 1. The highest BCUT2D eigenvalue weighted by molar-refractivity contribution is 5.94. The summed E-state index contributed by atoms with van der Waals surface area (Å²) in [6.45, 7) is 3.00. The second kappa shape index (κ2) is 7.19. The summed E-state index contributed by atoms with van der Waals surface area (Å²) in [5.74, 6) is -1.31. The van der Waals surface area contributed by atoms with Gasteiger partial charge in [0.1, 0.15) is 11.3 Å². The van der Waals surface area contributed by atoms with Gasteiger partial charge in [0.05, 0.1) is 6.07 Å². The minimum atomic E-state index is -1.17. The molecule has 0 spiro atoms. The Balaban J connectivity index is 1.81. The maximum atomic E-state index is 12.7. The first kappa shape index (κ1) is 17.4. The number of ether oxygens (including phenoxy) is 1. The van der Waals surface area contributed by atoms with Crippen LogP contribution in [-0.2, 0) is 4.79 Å². The lowest BCUT2D eigenvalue weighted by atomic mass is 10.0. The molecule has 0 radical (unpaired) electrons. The highest BCUT2D eigenvalue weighted by Crippen LogP contribution is 2.24. The van der Waals surface area contributed by atoms with Gasteiger partial charge in [-0.1, -0.05) is 24.3 Å². The molecule has 6 nitrogen and oxygen atoms in total. The zero-order valence-electron chi connectivity index (χ0n) is 14.3. The minimum absolute atomic E-state index is 0.0478. The predicted molar refractivity (Wildman–Crippen MR) is 93.9 cm³/mol. The lowest BCUT2D eigenvalue weighted by molar-refractivity contribution is -0.125. The number of hydrogen-bond donors (Lipinski definition) is 0. The molecule has 1 aromatic heterocycles. The molecule has 26 heavy (non-hydrogen) atoms. The fourth-order valence-electron chi connectivity index (χ4n) is 2.54. The second-order valence-electron chi connectivity index (χ2n) is 5.83. The van der Waals surface area contributed by atoms with Crippen LogP contribution in [0.1, 0.15) is 36.0 Å². The Hall–Kier alpha value is -3.46. The number of aromatic nitrogens is 1. The normalized spacial score (nSPS) is 13.0. The summed E-state index contributed by atoms with van der Waals surface area (Å²) in [5, 5.41) is 9.44. The number of nitriles is 1. The number of oxazole rings is 1. The molecule has 0 aliphatic heterocycles. The molecule has 130 valence electrons. The Kier molecular flexibility index (Phi) is 4.81. The van der Waals surface area contributed by atoms with Crippen molar-refractivity contribution in [2.45, 2.75) is 25.9 Å². The Morgan fingerprint density at radius 3 is 2.65 bits per heavy atom. The lowest BCUT2D eigenvalue weighted by Gasteiger charge is -2.15. The van der Waals surface area contributed by atoms with Gasteiger partial charge in [-0.3, -0.25) is 9.59 Å². The Bertz CT molecular complexity index is 983. The predicted octanol–water partition coefficient (Wildman–Crippen LogP) is 3.67. The SMILES string of the molecule is CC(=O)c1cccc(O[C@@H](C)C(=O)[C@H](C#N)c2nc3ccccc3o2)c1. The van der Waals surface area contributed by atoms with Crippen LogP contribution in [0.25, 0.3) is 11.1 Å². The van der Waals surface area contributed by atoms with Gasteiger partial charge < -0.3 is 9.15 Å². The number of ketones is 2. The van der Waals surface area contributed by atoms with E-state index in [2.05, 4.69) is 4.98 Å². The Morgan fingerprint density at radius 1 is 1.19 bits per heavy atom. The fraction of sp³-hybridized carbons (Fsp3) is 0.200.